The van der Waals surface area contributed by atoms with Crippen molar-refractivity contribution in [3.8, 4) is 0 Å². The molecule has 2 saturated heterocycles. The number of alkyl halides is 3. The zero-order valence-electron chi connectivity index (χ0n) is 21.2. The van der Waals surface area contributed by atoms with Gasteiger partial charge >= 0.3 is 0 Å². The monoisotopic (exact) mass is 531 g/mol. The number of pyridine rings is 1. The Balaban J connectivity index is 1.50. The Morgan fingerprint density at radius 3 is 2.47 bits per heavy atom. The van der Waals surface area contributed by atoms with E-state index in [0.29, 0.717) is 54.2 Å². The van der Waals surface area contributed by atoms with Crippen LogP contribution in [-0.2, 0) is 10.3 Å². The fourth-order valence-corrected chi connectivity index (χ4v) is 5.77. The number of hydrogen-bond donors (Lipinski definition) is 1. The van der Waals surface area contributed by atoms with E-state index in [2.05, 4.69) is 15.3 Å². The number of aromatic nitrogens is 3. The minimum atomic E-state index is -2.94. The van der Waals surface area contributed by atoms with E-state index >= 15 is 0 Å². The van der Waals surface area contributed by atoms with E-state index in [9.17, 15) is 22.4 Å². The van der Waals surface area contributed by atoms with Crippen LogP contribution in [-0.4, -0.2) is 46.5 Å². The first-order chi connectivity index (χ1) is 18.2. The number of morpholine rings is 1. The van der Waals surface area contributed by atoms with Crippen LogP contribution in [0.2, 0.25) is 0 Å². The summed E-state index contributed by atoms with van der Waals surface area (Å²) in [6, 6.07) is 3.17. The molecule has 1 aromatic carbocycles. The number of anilines is 2. The summed E-state index contributed by atoms with van der Waals surface area (Å²) in [5.41, 5.74) is -1.01. The molecular formula is C27H29F4N5O2. The zero-order valence-corrected chi connectivity index (χ0v) is 21.2. The summed E-state index contributed by atoms with van der Waals surface area (Å²) >= 11 is 0. The first-order valence-electron chi connectivity index (χ1n) is 12.9. The fraction of sp³-hybridized carbons (Fsp3) is 0.519. The summed E-state index contributed by atoms with van der Waals surface area (Å²) in [6.45, 7) is 3.72. The molecule has 0 amide bonds. The van der Waals surface area contributed by atoms with Gasteiger partial charge in [0.1, 0.15) is 35.3 Å². The number of aryl methyl sites for hydroxylation is 1. The van der Waals surface area contributed by atoms with Crippen LogP contribution in [0.3, 0.4) is 0 Å². The van der Waals surface area contributed by atoms with E-state index in [4.69, 9.17) is 4.74 Å². The van der Waals surface area contributed by atoms with Crippen molar-refractivity contribution in [2.24, 2.45) is 0 Å². The molecule has 202 valence electrons. The lowest BCUT2D eigenvalue weighted by molar-refractivity contribution is 0.0304. The van der Waals surface area contributed by atoms with E-state index in [0.717, 1.165) is 18.9 Å². The summed E-state index contributed by atoms with van der Waals surface area (Å²) in [6.07, 6.45) is 1.58. The maximum Gasteiger partial charge on any atom is 0.276 e. The number of nitrogens with zero attached hydrogens (tertiary/aromatic N) is 4. The van der Waals surface area contributed by atoms with Gasteiger partial charge in [0, 0.05) is 24.8 Å². The molecule has 1 N–H and O–H groups in total. The second-order valence-electron chi connectivity index (χ2n) is 10.7. The van der Waals surface area contributed by atoms with Gasteiger partial charge in [-0.1, -0.05) is 18.2 Å². The van der Waals surface area contributed by atoms with Crippen molar-refractivity contribution in [3.63, 3.8) is 0 Å². The van der Waals surface area contributed by atoms with Gasteiger partial charge < -0.3 is 19.5 Å². The van der Waals surface area contributed by atoms with Gasteiger partial charge in [-0.2, -0.15) is 0 Å². The number of ether oxygens (including phenoxy) is 1. The number of halogens is 4. The third-order valence-electron chi connectivity index (χ3n) is 8.02. The van der Waals surface area contributed by atoms with Gasteiger partial charge in [-0.3, -0.25) is 4.79 Å². The molecule has 38 heavy (non-hydrogen) atoms. The zero-order chi connectivity index (χ0) is 26.8. The highest BCUT2D eigenvalue weighted by Crippen LogP contribution is 2.44. The molecule has 0 radical (unpaired) electrons. The van der Waals surface area contributed by atoms with Crippen molar-refractivity contribution in [1.29, 1.82) is 0 Å². The maximum atomic E-state index is 14.9. The average Bonchev–Trinajstić information content (AvgIpc) is 3.60. The molecule has 0 unspecified atom stereocenters. The number of fused-ring (bicyclic) bond motifs is 3. The van der Waals surface area contributed by atoms with Crippen molar-refractivity contribution in [3.05, 3.63) is 57.5 Å². The molecule has 6 rings (SSSR count). The Hall–Kier alpha value is -3.21. The predicted molar refractivity (Wildman–Crippen MR) is 135 cm³/mol. The Morgan fingerprint density at radius 1 is 1.16 bits per heavy atom. The van der Waals surface area contributed by atoms with E-state index in [-0.39, 0.29) is 23.3 Å². The number of benzene rings is 1. The molecule has 11 heteroatoms. The molecule has 3 aliphatic rings. The second kappa shape index (κ2) is 9.21. The normalized spacial score (nSPS) is 22.8. The highest BCUT2D eigenvalue weighted by Gasteiger charge is 2.47. The number of nitrogens with one attached hydrogen (secondary N) is 1. The van der Waals surface area contributed by atoms with Crippen molar-refractivity contribution in [2.45, 2.75) is 69.7 Å². The van der Waals surface area contributed by atoms with Crippen LogP contribution in [0.25, 0.3) is 10.9 Å². The fourth-order valence-electron chi connectivity index (χ4n) is 5.77. The van der Waals surface area contributed by atoms with Crippen molar-refractivity contribution in [1.82, 2.24) is 14.5 Å². The third kappa shape index (κ3) is 4.11. The molecule has 4 heterocycles. The van der Waals surface area contributed by atoms with Gasteiger partial charge in [-0.25, -0.2) is 27.5 Å². The van der Waals surface area contributed by atoms with Gasteiger partial charge in [-0.05, 0) is 39.5 Å². The van der Waals surface area contributed by atoms with Gasteiger partial charge in [0.25, 0.3) is 12.0 Å². The summed E-state index contributed by atoms with van der Waals surface area (Å²) < 4.78 is 63.2. The van der Waals surface area contributed by atoms with E-state index < -0.39 is 36.1 Å². The van der Waals surface area contributed by atoms with Crippen LogP contribution in [0.1, 0.15) is 62.0 Å². The molecule has 3 fully saturated rings. The molecular weight excluding hydrogens is 502 g/mol. The Morgan fingerprint density at radius 2 is 1.84 bits per heavy atom. The van der Waals surface area contributed by atoms with E-state index in [1.54, 1.807) is 20.0 Å². The minimum Gasteiger partial charge on any atom is -0.371 e. The van der Waals surface area contributed by atoms with Gasteiger partial charge in [0.2, 0.25) is 0 Å². The van der Waals surface area contributed by atoms with Crippen molar-refractivity contribution < 1.29 is 22.3 Å². The van der Waals surface area contributed by atoms with Gasteiger partial charge in [0.05, 0.1) is 34.7 Å². The predicted octanol–water partition coefficient (Wildman–Crippen LogP) is 5.18. The summed E-state index contributed by atoms with van der Waals surface area (Å²) in [7, 11) is 0. The second-order valence-corrected chi connectivity index (χ2v) is 10.7. The maximum absolute atomic E-state index is 14.9. The third-order valence-corrected chi connectivity index (χ3v) is 8.02. The van der Waals surface area contributed by atoms with E-state index in [1.165, 1.54) is 16.7 Å². The smallest absolute Gasteiger partial charge is 0.276 e. The van der Waals surface area contributed by atoms with E-state index in [1.807, 2.05) is 4.90 Å². The largest absolute Gasteiger partial charge is 0.371 e. The lowest BCUT2D eigenvalue weighted by atomic mass is 10.0. The minimum absolute atomic E-state index is 0.0126. The molecule has 3 atom stereocenters. The molecule has 2 aromatic heterocycles. The standard InChI is InChI=1S/C27H29F4N5O2/c1-14(18-4-3-5-19(21(18)29)24(30)31)32-25-20-12-36(27(13-28)8-9-27)26(37)23(22(20)33-15(2)34-25)35-10-16-6-7-17(11-35)38-16/h3-5,12,14,16-17,24H,6-11,13H2,1-2H3,(H,32,33,34)/t14-,16-,17+/m1/s1. The van der Waals surface area contributed by atoms with Crippen LogP contribution in [0.15, 0.2) is 29.2 Å². The Kier molecular flexibility index (Phi) is 6.08. The highest BCUT2D eigenvalue weighted by molar-refractivity contribution is 5.97. The molecule has 0 spiro atoms. The first-order valence-corrected chi connectivity index (χ1v) is 12.9. The first kappa shape index (κ1) is 25.1. The Labute approximate surface area is 216 Å². The lowest BCUT2D eigenvalue weighted by Crippen LogP contribution is -2.46. The molecule has 2 aliphatic heterocycles. The quantitative estimate of drug-likeness (QED) is 0.424. The topological polar surface area (TPSA) is 72.3 Å². The molecule has 7 nitrogen and oxygen atoms in total. The SMILES string of the molecule is Cc1nc(N[C@H](C)c2cccc(C(F)F)c2F)c2cn(C3(CF)CC3)c(=O)c(N3C[C@H]4CC[C@@H](C3)O4)c2n1. The lowest BCUT2D eigenvalue weighted by Gasteiger charge is -2.34. The highest BCUT2D eigenvalue weighted by atomic mass is 19.3. The average molecular weight is 532 g/mol. The number of rotatable bonds is 7. The summed E-state index contributed by atoms with van der Waals surface area (Å²) in [5, 5.41) is 3.64. The van der Waals surface area contributed by atoms with Crippen molar-refractivity contribution >= 4 is 22.4 Å². The van der Waals surface area contributed by atoms with Gasteiger partial charge in [-0.15, -0.1) is 0 Å². The molecule has 2 bridgehead atoms. The molecule has 1 saturated carbocycles. The van der Waals surface area contributed by atoms with Crippen LogP contribution in [0.4, 0.5) is 29.1 Å². The van der Waals surface area contributed by atoms with Crippen LogP contribution < -0.4 is 15.8 Å². The Bertz CT molecular complexity index is 1450. The molecule has 1 aliphatic carbocycles. The number of hydrogen-bond acceptors (Lipinski definition) is 6. The molecule has 3 aromatic rings. The van der Waals surface area contributed by atoms with Crippen molar-refractivity contribution in [2.75, 3.05) is 30.0 Å². The van der Waals surface area contributed by atoms with Gasteiger partial charge in [0.15, 0.2) is 0 Å². The van der Waals surface area contributed by atoms with Crippen LogP contribution in [0.5, 0.6) is 0 Å². The summed E-state index contributed by atoms with van der Waals surface area (Å²) in [4.78, 5) is 25.0. The van der Waals surface area contributed by atoms with Crippen LogP contribution >= 0.6 is 0 Å². The summed E-state index contributed by atoms with van der Waals surface area (Å²) in [5.74, 6) is -0.272. The van der Waals surface area contributed by atoms with Crippen LogP contribution in [0, 0.1) is 12.7 Å².